The number of nitrogens with zero attached hydrogens (tertiary/aromatic N) is 3. The highest BCUT2D eigenvalue weighted by molar-refractivity contribution is 6.20. The fourth-order valence-corrected chi connectivity index (χ4v) is 1.95. The van der Waals surface area contributed by atoms with Crippen LogP contribution < -0.4 is 0 Å². The number of alkyl halides is 1. The van der Waals surface area contributed by atoms with E-state index in [1.165, 1.54) is 0 Å². The Kier molecular flexibility index (Phi) is 2.65. The number of rotatable bonds is 2. The summed E-state index contributed by atoms with van der Waals surface area (Å²) in [7, 11) is 0. The van der Waals surface area contributed by atoms with Crippen molar-refractivity contribution in [2.75, 3.05) is 0 Å². The van der Waals surface area contributed by atoms with Gasteiger partial charge in [0.25, 0.3) is 0 Å². The van der Waals surface area contributed by atoms with Crippen LogP contribution in [0.15, 0.2) is 18.5 Å². The lowest BCUT2D eigenvalue weighted by Crippen LogP contribution is -2.06. The molecule has 0 aliphatic rings. The zero-order valence-corrected chi connectivity index (χ0v) is 9.86. The van der Waals surface area contributed by atoms with Crippen LogP contribution in [-0.2, 0) is 0 Å². The number of fused-ring (bicyclic) bond motifs is 1. The summed E-state index contributed by atoms with van der Waals surface area (Å²) in [5, 5.41) is -0.0835. The van der Waals surface area contributed by atoms with Crippen molar-refractivity contribution in [1.82, 2.24) is 14.5 Å². The van der Waals surface area contributed by atoms with Gasteiger partial charge in [-0.05, 0) is 26.8 Å². The molecule has 0 aromatic carbocycles. The number of pyridine rings is 1. The fraction of sp³-hybridized carbons (Fsp3) is 0.455. The van der Waals surface area contributed by atoms with Gasteiger partial charge in [-0.2, -0.15) is 0 Å². The van der Waals surface area contributed by atoms with E-state index < -0.39 is 0 Å². The van der Waals surface area contributed by atoms with E-state index in [1.54, 1.807) is 12.4 Å². The summed E-state index contributed by atoms with van der Waals surface area (Å²) < 4.78 is 2.16. The molecule has 2 aromatic heterocycles. The van der Waals surface area contributed by atoms with E-state index in [0.29, 0.717) is 6.04 Å². The molecule has 0 N–H and O–H groups in total. The van der Waals surface area contributed by atoms with E-state index >= 15 is 0 Å². The van der Waals surface area contributed by atoms with Crippen LogP contribution in [0, 0.1) is 0 Å². The molecule has 0 aliphatic heterocycles. The Morgan fingerprint density at radius 2 is 2.07 bits per heavy atom. The predicted molar refractivity (Wildman–Crippen MR) is 62.2 cm³/mol. The van der Waals surface area contributed by atoms with E-state index in [0.717, 1.165) is 16.9 Å². The lowest BCUT2D eigenvalue weighted by Gasteiger charge is -2.13. The summed E-state index contributed by atoms with van der Waals surface area (Å²) in [6, 6.07) is 2.33. The summed E-state index contributed by atoms with van der Waals surface area (Å²) in [6.07, 6.45) is 3.56. The molecule has 0 saturated carbocycles. The molecule has 0 radical (unpaired) electrons. The van der Waals surface area contributed by atoms with Gasteiger partial charge in [-0.25, -0.2) is 4.98 Å². The summed E-state index contributed by atoms with van der Waals surface area (Å²) in [5.74, 6) is 0.912. The van der Waals surface area contributed by atoms with Crippen LogP contribution in [0.4, 0.5) is 0 Å². The minimum Gasteiger partial charge on any atom is -0.324 e. The molecule has 15 heavy (non-hydrogen) atoms. The molecule has 4 heteroatoms. The van der Waals surface area contributed by atoms with E-state index in [-0.39, 0.29) is 5.38 Å². The SMILES string of the molecule is CC(Cl)c1nc2cnccc2n1C(C)C. The summed E-state index contributed by atoms with van der Waals surface area (Å²) >= 11 is 6.12. The molecule has 80 valence electrons. The molecular weight excluding hydrogens is 210 g/mol. The summed E-state index contributed by atoms with van der Waals surface area (Å²) in [6.45, 7) is 6.20. The van der Waals surface area contributed by atoms with Crippen LogP contribution in [0.3, 0.4) is 0 Å². The van der Waals surface area contributed by atoms with Gasteiger partial charge in [-0.1, -0.05) is 0 Å². The van der Waals surface area contributed by atoms with Crippen LogP contribution >= 0.6 is 11.6 Å². The standard InChI is InChI=1S/C11H14ClN3/c1-7(2)15-10-4-5-13-6-9(10)14-11(15)8(3)12/h4-8H,1-3H3. The Balaban J connectivity index is 2.75. The van der Waals surface area contributed by atoms with Gasteiger partial charge in [0.2, 0.25) is 0 Å². The van der Waals surface area contributed by atoms with Gasteiger partial charge in [0.05, 0.1) is 17.1 Å². The fourth-order valence-electron chi connectivity index (χ4n) is 1.79. The van der Waals surface area contributed by atoms with Crippen molar-refractivity contribution in [3.8, 4) is 0 Å². The van der Waals surface area contributed by atoms with Crippen LogP contribution in [0.5, 0.6) is 0 Å². The van der Waals surface area contributed by atoms with Crippen molar-refractivity contribution >= 4 is 22.6 Å². The van der Waals surface area contributed by atoms with E-state index in [1.807, 2.05) is 13.0 Å². The van der Waals surface area contributed by atoms with Gasteiger partial charge in [0.15, 0.2) is 0 Å². The summed E-state index contributed by atoms with van der Waals surface area (Å²) in [5.41, 5.74) is 2.01. The van der Waals surface area contributed by atoms with Gasteiger partial charge in [0, 0.05) is 12.2 Å². The maximum absolute atomic E-state index is 6.12. The first-order chi connectivity index (χ1) is 7.11. The predicted octanol–water partition coefficient (Wildman–Crippen LogP) is 3.31. The Morgan fingerprint density at radius 3 is 2.67 bits per heavy atom. The first-order valence-corrected chi connectivity index (χ1v) is 5.51. The molecule has 0 bridgehead atoms. The zero-order chi connectivity index (χ0) is 11.0. The van der Waals surface area contributed by atoms with Gasteiger partial charge >= 0.3 is 0 Å². The van der Waals surface area contributed by atoms with Crippen molar-refractivity contribution in [3.63, 3.8) is 0 Å². The summed E-state index contributed by atoms with van der Waals surface area (Å²) in [4.78, 5) is 8.57. The van der Waals surface area contributed by atoms with Gasteiger partial charge in [-0.3, -0.25) is 4.98 Å². The third-order valence-electron chi connectivity index (χ3n) is 2.39. The smallest absolute Gasteiger partial charge is 0.128 e. The van der Waals surface area contributed by atoms with Crippen molar-refractivity contribution in [2.45, 2.75) is 32.2 Å². The number of aromatic nitrogens is 3. The second-order valence-corrected chi connectivity index (χ2v) is 4.57. The van der Waals surface area contributed by atoms with Crippen LogP contribution in [0.2, 0.25) is 0 Å². The monoisotopic (exact) mass is 223 g/mol. The van der Waals surface area contributed by atoms with Crippen molar-refractivity contribution in [3.05, 3.63) is 24.3 Å². The molecule has 1 unspecified atom stereocenters. The average Bonchev–Trinajstić information content (AvgIpc) is 2.56. The second-order valence-electron chi connectivity index (χ2n) is 3.91. The highest BCUT2D eigenvalue weighted by Gasteiger charge is 2.16. The molecule has 2 rings (SSSR count). The minimum atomic E-state index is -0.0835. The molecule has 0 aliphatic carbocycles. The lowest BCUT2D eigenvalue weighted by atomic mass is 10.3. The highest BCUT2D eigenvalue weighted by atomic mass is 35.5. The van der Waals surface area contributed by atoms with E-state index in [2.05, 4.69) is 28.4 Å². The molecule has 0 fully saturated rings. The zero-order valence-electron chi connectivity index (χ0n) is 9.11. The van der Waals surface area contributed by atoms with Crippen LogP contribution in [0.1, 0.15) is 38.0 Å². The molecule has 0 saturated heterocycles. The largest absolute Gasteiger partial charge is 0.324 e. The number of hydrogen-bond donors (Lipinski definition) is 0. The first-order valence-electron chi connectivity index (χ1n) is 5.07. The first kappa shape index (κ1) is 10.4. The molecule has 0 spiro atoms. The van der Waals surface area contributed by atoms with E-state index in [9.17, 15) is 0 Å². The van der Waals surface area contributed by atoms with Crippen molar-refractivity contribution in [1.29, 1.82) is 0 Å². The normalized spacial score (nSPS) is 13.7. The third kappa shape index (κ3) is 1.72. The highest BCUT2D eigenvalue weighted by Crippen LogP contribution is 2.27. The number of imidazole rings is 1. The Hall–Kier alpha value is -1.09. The van der Waals surface area contributed by atoms with Gasteiger partial charge in [-0.15, -0.1) is 11.6 Å². The van der Waals surface area contributed by atoms with Gasteiger partial charge in [0.1, 0.15) is 11.3 Å². The van der Waals surface area contributed by atoms with Crippen LogP contribution in [0.25, 0.3) is 11.0 Å². The van der Waals surface area contributed by atoms with E-state index in [4.69, 9.17) is 11.6 Å². The Morgan fingerprint density at radius 1 is 1.33 bits per heavy atom. The average molecular weight is 224 g/mol. The molecule has 0 amide bonds. The maximum Gasteiger partial charge on any atom is 0.128 e. The third-order valence-corrected chi connectivity index (χ3v) is 2.59. The quantitative estimate of drug-likeness (QED) is 0.732. The Bertz CT molecular complexity index is 474. The molecule has 2 aromatic rings. The number of halogens is 1. The van der Waals surface area contributed by atoms with Crippen molar-refractivity contribution < 1.29 is 0 Å². The lowest BCUT2D eigenvalue weighted by molar-refractivity contribution is 0.584. The topological polar surface area (TPSA) is 30.7 Å². The van der Waals surface area contributed by atoms with Gasteiger partial charge < -0.3 is 4.57 Å². The molecule has 3 nitrogen and oxygen atoms in total. The minimum absolute atomic E-state index is 0.0835. The molecular formula is C11H14ClN3. The number of hydrogen-bond acceptors (Lipinski definition) is 2. The second kappa shape index (κ2) is 3.81. The Labute approximate surface area is 94.1 Å². The van der Waals surface area contributed by atoms with Crippen LogP contribution in [-0.4, -0.2) is 14.5 Å². The maximum atomic E-state index is 6.12. The van der Waals surface area contributed by atoms with Crippen molar-refractivity contribution in [2.24, 2.45) is 0 Å². The molecule has 1 atom stereocenters. The molecule has 2 heterocycles.